The molecule has 1 saturated heterocycles. The first kappa shape index (κ1) is 20.3. The van der Waals surface area contributed by atoms with Crippen LogP contribution in [0.2, 0.25) is 0 Å². The van der Waals surface area contributed by atoms with Gasteiger partial charge in [0.05, 0.1) is 31.8 Å². The van der Waals surface area contributed by atoms with Crippen molar-refractivity contribution in [2.24, 2.45) is 0 Å². The van der Waals surface area contributed by atoms with Gasteiger partial charge in [0.1, 0.15) is 10.6 Å². The predicted octanol–water partition coefficient (Wildman–Crippen LogP) is 1.99. The van der Waals surface area contributed by atoms with E-state index in [2.05, 4.69) is 5.16 Å². The molecule has 2 aromatic rings. The molecule has 1 amide bonds. The highest BCUT2D eigenvalue weighted by Crippen LogP contribution is 2.33. The lowest BCUT2D eigenvalue weighted by Crippen LogP contribution is -2.41. The molecule has 1 aliphatic heterocycles. The van der Waals surface area contributed by atoms with E-state index in [1.54, 1.807) is 17.0 Å². The monoisotopic (exact) mass is 408 g/mol. The number of hydrogen-bond donors (Lipinski definition) is 0. The van der Waals surface area contributed by atoms with Gasteiger partial charge >= 0.3 is 0 Å². The summed E-state index contributed by atoms with van der Waals surface area (Å²) in [5, 5.41) is 3.92. The van der Waals surface area contributed by atoms with Gasteiger partial charge in [-0.25, -0.2) is 8.42 Å². The fraction of sp³-hybridized carbons (Fsp3) is 0.474. The number of rotatable bonds is 6. The van der Waals surface area contributed by atoms with Crippen molar-refractivity contribution >= 4 is 15.7 Å². The van der Waals surface area contributed by atoms with E-state index >= 15 is 0 Å². The second kappa shape index (κ2) is 8.32. The van der Waals surface area contributed by atoms with E-state index in [1.165, 1.54) is 13.2 Å². The number of nitrogens with zero attached hydrogens (tertiary/aromatic N) is 2. The number of amides is 1. The third kappa shape index (κ3) is 4.20. The van der Waals surface area contributed by atoms with Gasteiger partial charge in [0.25, 0.3) is 0 Å². The Kier molecular flexibility index (Phi) is 6.04. The third-order valence-electron chi connectivity index (χ3n) is 4.87. The molecule has 0 radical (unpaired) electrons. The maximum Gasteiger partial charge on any atom is 0.223 e. The summed E-state index contributed by atoms with van der Waals surface area (Å²) < 4.78 is 41.7. The van der Waals surface area contributed by atoms with Crippen LogP contribution >= 0.6 is 0 Å². The van der Waals surface area contributed by atoms with Crippen LogP contribution in [0.4, 0.5) is 0 Å². The summed E-state index contributed by atoms with van der Waals surface area (Å²) in [6.45, 7) is 5.61. The van der Waals surface area contributed by atoms with Gasteiger partial charge in [0, 0.05) is 30.6 Å². The van der Waals surface area contributed by atoms with Crippen LogP contribution in [0.15, 0.2) is 27.6 Å². The van der Waals surface area contributed by atoms with Crippen molar-refractivity contribution < 1.29 is 27.2 Å². The van der Waals surface area contributed by atoms with E-state index in [9.17, 15) is 13.2 Å². The van der Waals surface area contributed by atoms with Crippen molar-refractivity contribution in [3.05, 3.63) is 29.5 Å². The minimum Gasteiger partial charge on any atom is -0.495 e. The number of sulfone groups is 1. The van der Waals surface area contributed by atoms with Crippen molar-refractivity contribution in [3.63, 3.8) is 0 Å². The highest BCUT2D eigenvalue weighted by molar-refractivity contribution is 7.91. The van der Waals surface area contributed by atoms with Crippen LogP contribution < -0.4 is 4.74 Å². The molecule has 0 bridgehead atoms. The van der Waals surface area contributed by atoms with Crippen LogP contribution in [-0.4, -0.2) is 63.5 Å². The van der Waals surface area contributed by atoms with E-state index in [-0.39, 0.29) is 28.7 Å². The zero-order valence-electron chi connectivity index (χ0n) is 16.2. The van der Waals surface area contributed by atoms with Crippen molar-refractivity contribution in [1.82, 2.24) is 10.1 Å². The van der Waals surface area contributed by atoms with Gasteiger partial charge in [-0.15, -0.1) is 0 Å². The van der Waals surface area contributed by atoms with E-state index < -0.39 is 9.84 Å². The Labute approximate surface area is 164 Å². The first-order valence-electron chi connectivity index (χ1n) is 9.03. The van der Waals surface area contributed by atoms with Crippen molar-refractivity contribution in [3.8, 4) is 17.1 Å². The van der Waals surface area contributed by atoms with Gasteiger partial charge in [-0.2, -0.15) is 0 Å². The van der Waals surface area contributed by atoms with Gasteiger partial charge < -0.3 is 18.9 Å². The summed E-state index contributed by atoms with van der Waals surface area (Å²) >= 11 is 0. The number of aromatic nitrogens is 1. The molecule has 1 aliphatic rings. The third-order valence-corrected chi connectivity index (χ3v) is 6.60. The molecule has 2 heterocycles. The van der Waals surface area contributed by atoms with E-state index in [0.717, 1.165) is 11.3 Å². The molecule has 3 rings (SSSR count). The highest BCUT2D eigenvalue weighted by Gasteiger charge is 2.25. The molecule has 1 fully saturated rings. The highest BCUT2D eigenvalue weighted by atomic mass is 32.2. The van der Waals surface area contributed by atoms with Crippen molar-refractivity contribution in [1.29, 1.82) is 0 Å². The fourth-order valence-electron chi connectivity index (χ4n) is 3.05. The molecule has 0 saturated carbocycles. The lowest BCUT2D eigenvalue weighted by atomic mass is 10.1. The molecule has 1 aromatic carbocycles. The largest absolute Gasteiger partial charge is 0.495 e. The Morgan fingerprint density at radius 2 is 1.96 bits per heavy atom. The van der Waals surface area contributed by atoms with E-state index in [4.69, 9.17) is 14.0 Å². The van der Waals surface area contributed by atoms with Crippen molar-refractivity contribution in [2.75, 3.05) is 39.2 Å². The van der Waals surface area contributed by atoms with Gasteiger partial charge in [-0.3, -0.25) is 4.79 Å². The normalized spacial score (nSPS) is 14.9. The molecule has 0 unspecified atom stereocenters. The predicted molar refractivity (Wildman–Crippen MR) is 102 cm³/mol. The molecule has 1 aromatic heterocycles. The number of carbonyl (C=O) groups is 1. The summed E-state index contributed by atoms with van der Waals surface area (Å²) in [7, 11) is -2.33. The number of benzene rings is 1. The second-order valence-electron chi connectivity index (χ2n) is 6.65. The van der Waals surface area contributed by atoms with Gasteiger partial charge in [0.15, 0.2) is 15.6 Å². The zero-order valence-corrected chi connectivity index (χ0v) is 17.0. The maximum absolute atomic E-state index is 13.0. The second-order valence-corrected chi connectivity index (χ2v) is 8.73. The fourth-order valence-corrected chi connectivity index (χ4v) is 4.48. The Hall–Kier alpha value is -2.39. The minimum atomic E-state index is -3.74. The Balaban J connectivity index is 1.84. The lowest BCUT2D eigenvalue weighted by Gasteiger charge is -2.26. The minimum absolute atomic E-state index is 0.0377. The molecular formula is C19H24N2O6S. The lowest BCUT2D eigenvalue weighted by molar-refractivity contribution is -0.134. The summed E-state index contributed by atoms with van der Waals surface area (Å²) in [5.41, 5.74) is 2.18. The average molecular weight is 408 g/mol. The standard InChI is InChI=1S/C19H24N2O6S/c1-13-14(2)20-27-19(13)15-4-5-16(25-3)17(12-15)28(23,24)11-6-18(22)21-7-9-26-10-8-21/h4-5,12H,6-11H2,1-3H3. The Bertz CT molecular complexity index is 961. The van der Waals surface area contributed by atoms with Gasteiger partial charge in [-0.05, 0) is 32.0 Å². The number of methoxy groups -OCH3 is 1. The summed E-state index contributed by atoms with van der Waals surface area (Å²) in [6, 6.07) is 4.83. The smallest absolute Gasteiger partial charge is 0.223 e. The first-order chi connectivity index (χ1) is 13.3. The average Bonchev–Trinajstić information content (AvgIpc) is 3.05. The number of morpholine rings is 1. The number of ether oxygens (including phenoxy) is 2. The summed E-state index contributed by atoms with van der Waals surface area (Å²) in [4.78, 5) is 14.0. The number of hydrogen-bond acceptors (Lipinski definition) is 7. The van der Waals surface area contributed by atoms with Gasteiger partial charge in [0.2, 0.25) is 5.91 Å². The summed E-state index contributed by atoms with van der Waals surface area (Å²) in [5.74, 6) is 0.262. The topological polar surface area (TPSA) is 98.9 Å². The Morgan fingerprint density at radius 1 is 1.25 bits per heavy atom. The van der Waals surface area contributed by atoms with Crippen LogP contribution in [0.3, 0.4) is 0 Å². The van der Waals surface area contributed by atoms with Crippen LogP contribution in [-0.2, 0) is 19.4 Å². The molecule has 0 spiro atoms. The zero-order chi connectivity index (χ0) is 20.3. The Morgan fingerprint density at radius 3 is 2.57 bits per heavy atom. The molecule has 0 aliphatic carbocycles. The van der Waals surface area contributed by atoms with Crippen LogP contribution in [0.1, 0.15) is 17.7 Å². The maximum atomic E-state index is 13.0. The molecule has 0 atom stereocenters. The van der Waals surface area contributed by atoms with E-state index in [0.29, 0.717) is 37.6 Å². The number of carbonyl (C=O) groups excluding carboxylic acids is 1. The molecule has 152 valence electrons. The molecule has 8 nitrogen and oxygen atoms in total. The summed E-state index contributed by atoms with van der Waals surface area (Å²) in [6.07, 6.45) is -0.0871. The quantitative estimate of drug-likeness (QED) is 0.721. The van der Waals surface area contributed by atoms with Gasteiger partial charge in [-0.1, -0.05) is 5.16 Å². The number of aryl methyl sites for hydroxylation is 1. The molecule has 9 heteroatoms. The first-order valence-corrected chi connectivity index (χ1v) is 10.7. The molecule has 28 heavy (non-hydrogen) atoms. The van der Waals surface area contributed by atoms with Crippen LogP contribution in [0.5, 0.6) is 5.75 Å². The molecular weight excluding hydrogens is 384 g/mol. The molecule has 0 N–H and O–H groups in total. The van der Waals surface area contributed by atoms with Crippen LogP contribution in [0, 0.1) is 13.8 Å². The van der Waals surface area contributed by atoms with Crippen LogP contribution in [0.25, 0.3) is 11.3 Å². The van der Waals surface area contributed by atoms with Crippen molar-refractivity contribution in [2.45, 2.75) is 25.2 Å². The SMILES string of the molecule is COc1ccc(-c2onc(C)c2C)cc1S(=O)(=O)CCC(=O)N1CCOCC1. The van der Waals surface area contributed by atoms with E-state index in [1.807, 2.05) is 13.8 Å².